The molecule has 0 spiro atoms. The minimum atomic E-state index is -0.786. The van der Waals surface area contributed by atoms with Gasteiger partial charge in [-0.1, -0.05) is 0 Å². The minimum absolute atomic E-state index is 0.0380. The molecular weight excluding hydrogens is 260 g/mol. The fourth-order valence-electron chi connectivity index (χ4n) is 2.26. The van der Waals surface area contributed by atoms with Crippen LogP contribution in [0.3, 0.4) is 0 Å². The fraction of sp³-hybridized carbons (Fsp3) is 0.538. The van der Waals surface area contributed by atoms with E-state index in [2.05, 4.69) is 16.5 Å². The Morgan fingerprint density at radius 2 is 2.20 bits per heavy atom. The Morgan fingerprint density at radius 1 is 1.45 bits per heavy atom. The molecule has 106 valence electrons. The summed E-state index contributed by atoms with van der Waals surface area (Å²) in [5.74, 6) is -0.983. The van der Waals surface area contributed by atoms with Gasteiger partial charge in [0.25, 0.3) is 5.91 Å². The van der Waals surface area contributed by atoms with Crippen molar-refractivity contribution in [2.75, 3.05) is 6.61 Å². The van der Waals surface area contributed by atoms with Gasteiger partial charge in [0, 0.05) is 12.4 Å². The lowest BCUT2D eigenvalue weighted by Crippen LogP contribution is -2.46. The maximum atomic E-state index is 11.7. The molecule has 1 aromatic heterocycles. The summed E-state index contributed by atoms with van der Waals surface area (Å²) in [5.41, 5.74) is -0.786. The van der Waals surface area contributed by atoms with Gasteiger partial charge in [0.15, 0.2) is 6.61 Å². The number of carbonyl (C=O) groups excluding carboxylic acids is 2. The molecule has 0 aromatic carbocycles. The van der Waals surface area contributed by atoms with Crippen LogP contribution in [0, 0.1) is 11.3 Å². The Balaban J connectivity index is 1.75. The standard InChI is InChI=1S/C13H16N4O3/c14-10-13(4-1-2-5-13)16-11(18)9-20-12(19)8-17-7-3-6-15-17/h3,6-7H,1-2,4-5,8-9H2,(H,16,18). The molecule has 1 saturated carbocycles. The summed E-state index contributed by atoms with van der Waals surface area (Å²) in [6.45, 7) is -0.410. The normalized spacial score (nSPS) is 16.4. The molecule has 0 bridgehead atoms. The molecule has 20 heavy (non-hydrogen) atoms. The van der Waals surface area contributed by atoms with Gasteiger partial charge in [0.05, 0.1) is 6.07 Å². The van der Waals surface area contributed by atoms with E-state index in [1.165, 1.54) is 4.68 Å². The summed E-state index contributed by atoms with van der Waals surface area (Å²) in [7, 11) is 0. The fourth-order valence-corrected chi connectivity index (χ4v) is 2.26. The number of nitriles is 1. The Morgan fingerprint density at radius 3 is 2.80 bits per heavy atom. The molecule has 1 aromatic rings. The summed E-state index contributed by atoms with van der Waals surface area (Å²) in [6.07, 6.45) is 6.33. The number of aromatic nitrogens is 2. The molecule has 1 aliphatic rings. The number of amides is 1. The highest BCUT2D eigenvalue weighted by Gasteiger charge is 2.35. The van der Waals surface area contributed by atoms with Gasteiger partial charge >= 0.3 is 5.97 Å². The van der Waals surface area contributed by atoms with E-state index >= 15 is 0 Å². The first kappa shape index (κ1) is 14.1. The zero-order valence-corrected chi connectivity index (χ0v) is 11.0. The van der Waals surface area contributed by atoms with E-state index in [1.807, 2.05) is 0 Å². The molecule has 1 aliphatic carbocycles. The molecular formula is C13H16N4O3. The highest BCUT2D eigenvalue weighted by Crippen LogP contribution is 2.28. The van der Waals surface area contributed by atoms with Crippen molar-refractivity contribution in [3.05, 3.63) is 18.5 Å². The number of carbonyl (C=O) groups is 2. The second-order valence-electron chi connectivity index (χ2n) is 4.81. The molecule has 1 heterocycles. The van der Waals surface area contributed by atoms with Crippen LogP contribution in [0.5, 0.6) is 0 Å². The van der Waals surface area contributed by atoms with Crippen LogP contribution in [-0.2, 0) is 20.9 Å². The Bertz CT molecular complexity index is 512. The van der Waals surface area contributed by atoms with Crippen LogP contribution in [0.25, 0.3) is 0 Å². The van der Waals surface area contributed by atoms with Crippen molar-refractivity contribution in [1.82, 2.24) is 15.1 Å². The predicted molar refractivity (Wildman–Crippen MR) is 68.1 cm³/mol. The summed E-state index contributed by atoms with van der Waals surface area (Å²) in [6, 6.07) is 3.84. The van der Waals surface area contributed by atoms with E-state index in [0.717, 1.165) is 12.8 Å². The van der Waals surface area contributed by atoms with Crippen LogP contribution < -0.4 is 5.32 Å². The SMILES string of the molecule is N#CC1(NC(=O)COC(=O)Cn2cccn2)CCCC1. The molecule has 2 rings (SSSR count). The van der Waals surface area contributed by atoms with Crippen molar-refractivity contribution >= 4 is 11.9 Å². The maximum Gasteiger partial charge on any atom is 0.328 e. The molecule has 1 fully saturated rings. The monoisotopic (exact) mass is 276 g/mol. The topological polar surface area (TPSA) is 97.0 Å². The second kappa shape index (κ2) is 6.19. The molecule has 0 atom stereocenters. The number of nitrogens with zero attached hydrogens (tertiary/aromatic N) is 3. The van der Waals surface area contributed by atoms with E-state index in [0.29, 0.717) is 12.8 Å². The van der Waals surface area contributed by atoms with Crippen molar-refractivity contribution in [3.63, 3.8) is 0 Å². The zero-order valence-electron chi connectivity index (χ0n) is 11.0. The summed E-state index contributed by atoms with van der Waals surface area (Å²) in [5, 5.41) is 15.6. The third kappa shape index (κ3) is 3.57. The molecule has 7 heteroatoms. The van der Waals surface area contributed by atoms with E-state index in [-0.39, 0.29) is 13.2 Å². The number of hydrogen-bond acceptors (Lipinski definition) is 5. The molecule has 0 radical (unpaired) electrons. The van der Waals surface area contributed by atoms with E-state index < -0.39 is 17.4 Å². The zero-order chi connectivity index (χ0) is 14.4. The lowest BCUT2D eigenvalue weighted by atomic mass is 10.00. The number of nitrogens with one attached hydrogen (secondary N) is 1. The van der Waals surface area contributed by atoms with Crippen LogP contribution in [0.15, 0.2) is 18.5 Å². The third-order valence-corrected chi connectivity index (χ3v) is 3.26. The summed E-state index contributed by atoms with van der Waals surface area (Å²) >= 11 is 0. The van der Waals surface area contributed by atoms with Crippen molar-refractivity contribution in [2.24, 2.45) is 0 Å². The molecule has 0 saturated heterocycles. The van der Waals surface area contributed by atoms with Gasteiger partial charge in [-0.3, -0.25) is 14.3 Å². The van der Waals surface area contributed by atoms with Crippen LogP contribution in [-0.4, -0.2) is 33.8 Å². The van der Waals surface area contributed by atoms with Gasteiger partial charge in [-0.2, -0.15) is 10.4 Å². The molecule has 0 unspecified atom stereocenters. The number of esters is 1. The largest absolute Gasteiger partial charge is 0.454 e. The van der Waals surface area contributed by atoms with E-state index in [4.69, 9.17) is 10.00 Å². The lowest BCUT2D eigenvalue weighted by Gasteiger charge is -2.21. The predicted octanol–water partition coefficient (Wildman–Crippen LogP) is 0.379. The van der Waals surface area contributed by atoms with Crippen LogP contribution in [0.1, 0.15) is 25.7 Å². The van der Waals surface area contributed by atoms with Crippen LogP contribution >= 0.6 is 0 Å². The first-order valence-electron chi connectivity index (χ1n) is 6.49. The van der Waals surface area contributed by atoms with E-state index in [1.54, 1.807) is 18.5 Å². The molecule has 7 nitrogen and oxygen atoms in total. The molecule has 1 N–H and O–H groups in total. The van der Waals surface area contributed by atoms with Gasteiger partial charge in [-0.25, -0.2) is 0 Å². The third-order valence-electron chi connectivity index (χ3n) is 3.26. The first-order chi connectivity index (χ1) is 9.63. The number of ether oxygens (including phenoxy) is 1. The quantitative estimate of drug-likeness (QED) is 0.784. The van der Waals surface area contributed by atoms with Crippen LogP contribution in [0.2, 0.25) is 0 Å². The smallest absolute Gasteiger partial charge is 0.328 e. The van der Waals surface area contributed by atoms with Gasteiger partial charge in [0.2, 0.25) is 0 Å². The average molecular weight is 276 g/mol. The Kier molecular flexibility index (Phi) is 4.35. The van der Waals surface area contributed by atoms with Gasteiger partial charge in [0.1, 0.15) is 12.1 Å². The maximum absolute atomic E-state index is 11.7. The highest BCUT2D eigenvalue weighted by atomic mass is 16.5. The lowest BCUT2D eigenvalue weighted by molar-refractivity contribution is -0.149. The van der Waals surface area contributed by atoms with Crippen molar-refractivity contribution in [2.45, 2.75) is 37.8 Å². The number of rotatable bonds is 5. The van der Waals surface area contributed by atoms with Crippen molar-refractivity contribution < 1.29 is 14.3 Å². The van der Waals surface area contributed by atoms with Crippen molar-refractivity contribution in [1.29, 1.82) is 5.26 Å². The Hall–Kier alpha value is -2.36. The van der Waals surface area contributed by atoms with E-state index in [9.17, 15) is 9.59 Å². The van der Waals surface area contributed by atoms with Crippen molar-refractivity contribution in [3.8, 4) is 6.07 Å². The molecule has 1 amide bonds. The average Bonchev–Trinajstić information content (AvgIpc) is 3.09. The first-order valence-corrected chi connectivity index (χ1v) is 6.49. The molecule has 0 aliphatic heterocycles. The van der Waals surface area contributed by atoms with Gasteiger partial charge in [-0.05, 0) is 31.7 Å². The Labute approximate surface area is 116 Å². The number of hydrogen-bond donors (Lipinski definition) is 1. The van der Waals surface area contributed by atoms with Gasteiger partial charge < -0.3 is 10.1 Å². The summed E-state index contributed by atoms with van der Waals surface area (Å²) in [4.78, 5) is 23.2. The highest BCUT2D eigenvalue weighted by molar-refractivity contribution is 5.81. The van der Waals surface area contributed by atoms with Gasteiger partial charge in [-0.15, -0.1) is 0 Å². The second-order valence-corrected chi connectivity index (χ2v) is 4.81. The van der Waals surface area contributed by atoms with Crippen LogP contribution in [0.4, 0.5) is 0 Å². The minimum Gasteiger partial charge on any atom is -0.454 e. The summed E-state index contributed by atoms with van der Waals surface area (Å²) < 4.78 is 6.27.